The van der Waals surface area contributed by atoms with E-state index in [1.165, 1.54) is 30.5 Å². The molecule has 2 rings (SSSR count). The number of anilines is 1. The molecule has 0 spiro atoms. The zero-order valence-corrected chi connectivity index (χ0v) is 11.5. The highest BCUT2D eigenvalue weighted by molar-refractivity contribution is 9.10. The number of rotatable bonds is 3. The van der Waals surface area contributed by atoms with Crippen molar-refractivity contribution in [2.45, 2.75) is 38.3 Å². The third kappa shape index (κ3) is 2.25. The van der Waals surface area contributed by atoms with E-state index in [1.807, 2.05) is 6.92 Å². The van der Waals surface area contributed by atoms with Gasteiger partial charge >= 0.3 is 0 Å². The fraction of sp³-hybridized carbons (Fsp3) is 0.538. The summed E-state index contributed by atoms with van der Waals surface area (Å²) in [7, 11) is 2.18. The molecule has 1 fully saturated rings. The van der Waals surface area contributed by atoms with Crippen LogP contribution in [0, 0.1) is 0 Å². The normalized spacial score (nSPS) is 18.0. The minimum absolute atomic E-state index is 0.0787. The molecular weight excluding hydrogens is 264 g/mol. The first-order valence-corrected chi connectivity index (χ1v) is 6.66. The molecule has 0 saturated heterocycles. The van der Waals surface area contributed by atoms with Gasteiger partial charge in [0, 0.05) is 29.3 Å². The number of hydrogen-bond acceptors (Lipinski definition) is 2. The van der Waals surface area contributed by atoms with E-state index in [4.69, 9.17) is 5.73 Å². The fourth-order valence-electron chi connectivity index (χ4n) is 2.18. The molecule has 0 amide bonds. The van der Waals surface area contributed by atoms with Gasteiger partial charge in [0.1, 0.15) is 0 Å². The summed E-state index contributed by atoms with van der Waals surface area (Å²) in [6, 6.07) is 7.18. The molecule has 16 heavy (non-hydrogen) atoms. The number of nitrogens with zero attached hydrogens (tertiary/aromatic N) is 1. The topological polar surface area (TPSA) is 29.3 Å². The summed E-state index contributed by atoms with van der Waals surface area (Å²) >= 11 is 3.51. The van der Waals surface area contributed by atoms with Crippen molar-refractivity contribution in [3.05, 3.63) is 28.2 Å². The highest BCUT2D eigenvalue weighted by Crippen LogP contribution is 2.33. The average Bonchev–Trinajstić information content (AvgIpc) is 2.14. The summed E-state index contributed by atoms with van der Waals surface area (Å²) in [5.41, 5.74) is 8.54. The lowest BCUT2D eigenvalue weighted by Gasteiger charge is -2.38. The minimum Gasteiger partial charge on any atom is -0.371 e. The molecule has 3 heteroatoms. The smallest absolute Gasteiger partial charge is 0.0415 e. The Morgan fingerprint density at radius 3 is 2.62 bits per heavy atom. The molecule has 1 aromatic carbocycles. The lowest BCUT2D eigenvalue weighted by molar-refractivity contribution is 0.400. The molecule has 2 nitrogen and oxygen atoms in total. The molecule has 0 aromatic heterocycles. The van der Waals surface area contributed by atoms with Gasteiger partial charge in [-0.3, -0.25) is 0 Å². The van der Waals surface area contributed by atoms with Crippen LogP contribution in [0.15, 0.2) is 22.7 Å². The van der Waals surface area contributed by atoms with Crippen LogP contribution in [0.3, 0.4) is 0 Å². The van der Waals surface area contributed by atoms with Crippen LogP contribution in [-0.2, 0) is 0 Å². The Morgan fingerprint density at radius 1 is 1.44 bits per heavy atom. The molecule has 88 valence electrons. The summed E-state index contributed by atoms with van der Waals surface area (Å²) in [5.74, 6) is 0. The van der Waals surface area contributed by atoms with Crippen LogP contribution >= 0.6 is 15.9 Å². The third-order valence-corrected chi connectivity index (χ3v) is 3.98. The standard InChI is InChI=1S/C13H19BrN2/c1-9(15)12-8-10(14)6-7-13(12)16(2)11-4-3-5-11/h6-9,11H,3-5,15H2,1-2H3. The van der Waals surface area contributed by atoms with Crippen molar-refractivity contribution in [1.29, 1.82) is 0 Å². The van der Waals surface area contributed by atoms with Gasteiger partial charge in [-0.25, -0.2) is 0 Å². The van der Waals surface area contributed by atoms with Crippen LogP contribution in [0.4, 0.5) is 5.69 Å². The molecule has 1 aliphatic carbocycles. The van der Waals surface area contributed by atoms with E-state index >= 15 is 0 Å². The molecule has 0 bridgehead atoms. The van der Waals surface area contributed by atoms with Crippen molar-refractivity contribution < 1.29 is 0 Å². The van der Waals surface area contributed by atoms with Crippen molar-refractivity contribution in [3.63, 3.8) is 0 Å². The largest absolute Gasteiger partial charge is 0.371 e. The number of halogens is 1. The maximum absolute atomic E-state index is 6.03. The SMILES string of the molecule is CC(N)c1cc(Br)ccc1N(C)C1CCC1. The van der Waals surface area contributed by atoms with E-state index in [9.17, 15) is 0 Å². The zero-order valence-electron chi connectivity index (χ0n) is 9.91. The fourth-order valence-corrected chi connectivity index (χ4v) is 2.56. The molecule has 1 atom stereocenters. The van der Waals surface area contributed by atoms with Crippen molar-refractivity contribution in [1.82, 2.24) is 0 Å². The minimum atomic E-state index is 0.0787. The summed E-state index contributed by atoms with van der Waals surface area (Å²) in [6.07, 6.45) is 3.98. The third-order valence-electron chi connectivity index (χ3n) is 3.48. The molecule has 2 N–H and O–H groups in total. The maximum Gasteiger partial charge on any atom is 0.0415 e. The van der Waals surface area contributed by atoms with Crippen LogP contribution < -0.4 is 10.6 Å². The van der Waals surface area contributed by atoms with Gasteiger partial charge in [0.05, 0.1) is 0 Å². The molecule has 1 saturated carbocycles. The van der Waals surface area contributed by atoms with Gasteiger partial charge in [0.25, 0.3) is 0 Å². The van der Waals surface area contributed by atoms with Gasteiger partial charge in [-0.05, 0) is 49.9 Å². The molecule has 1 aromatic rings. The van der Waals surface area contributed by atoms with E-state index in [2.05, 4.69) is 46.1 Å². The van der Waals surface area contributed by atoms with E-state index in [-0.39, 0.29) is 6.04 Å². The first kappa shape index (κ1) is 11.9. The van der Waals surface area contributed by atoms with E-state index < -0.39 is 0 Å². The average molecular weight is 283 g/mol. The van der Waals surface area contributed by atoms with E-state index in [0.29, 0.717) is 6.04 Å². The first-order chi connectivity index (χ1) is 7.59. The van der Waals surface area contributed by atoms with Crippen LogP contribution in [0.1, 0.15) is 37.8 Å². The lowest BCUT2D eigenvalue weighted by Crippen LogP contribution is -2.37. The van der Waals surface area contributed by atoms with Crippen LogP contribution in [-0.4, -0.2) is 13.1 Å². The molecule has 0 heterocycles. The quantitative estimate of drug-likeness (QED) is 0.920. The highest BCUT2D eigenvalue weighted by atomic mass is 79.9. The Morgan fingerprint density at radius 2 is 2.12 bits per heavy atom. The maximum atomic E-state index is 6.03. The number of hydrogen-bond donors (Lipinski definition) is 1. The molecule has 1 unspecified atom stereocenters. The Bertz CT molecular complexity index is 372. The highest BCUT2D eigenvalue weighted by Gasteiger charge is 2.24. The van der Waals surface area contributed by atoms with E-state index in [0.717, 1.165) is 4.47 Å². The Kier molecular flexibility index (Phi) is 3.55. The Balaban J connectivity index is 2.30. The number of benzene rings is 1. The predicted octanol–water partition coefficient (Wildman–Crippen LogP) is 3.46. The van der Waals surface area contributed by atoms with Crippen molar-refractivity contribution >= 4 is 21.6 Å². The van der Waals surface area contributed by atoms with Crippen LogP contribution in [0.25, 0.3) is 0 Å². The second kappa shape index (κ2) is 4.76. The van der Waals surface area contributed by atoms with Gasteiger partial charge in [-0.1, -0.05) is 15.9 Å². The number of nitrogens with two attached hydrogens (primary N) is 1. The van der Waals surface area contributed by atoms with Crippen LogP contribution in [0.5, 0.6) is 0 Å². The summed E-state index contributed by atoms with van der Waals surface area (Å²) in [5, 5.41) is 0. The predicted molar refractivity (Wildman–Crippen MR) is 72.8 cm³/mol. The summed E-state index contributed by atoms with van der Waals surface area (Å²) < 4.78 is 1.10. The van der Waals surface area contributed by atoms with Crippen molar-refractivity contribution in [3.8, 4) is 0 Å². The van der Waals surface area contributed by atoms with Gasteiger partial charge in [-0.15, -0.1) is 0 Å². The second-order valence-electron chi connectivity index (χ2n) is 4.69. The van der Waals surface area contributed by atoms with Gasteiger partial charge < -0.3 is 10.6 Å². The van der Waals surface area contributed by atoms with Crippen molar-refractivity contribution in [2.75, 3.05) is 11.9 Å². The molecule has 0 aliphatic heterocycles. The van der Waals surface area contributed by atoms with Crippen molar-refractivity contribution in [2.24, 2.45) is 5.73 Å². The first-order valence-electron chi connectivity index (χ1n) is 5.87. The molecular formula is C13H19BrN2. The lowest BCUT2D eigenvalue weighted by atomic mass is 9.90. The van der Waals surface area contributed by atoms with Gasteiger partial charge in [0.15, 0.2) is 0 Å². The summed E-state index contributed by atoms with van der Waals surface area (Å²) in [4.78, 5) is 2.38. The molecule has 1 aliphatic rings. The van der Waals surface area contributed by atoms with Gasteiger partial charge in [-0.2, -0.15) is 0 Å². The van der Waals surface area contributed by atoms with E-state index in [1.54, 1.807) is 0 Å². The second-order valence-corrected chi connectivity index (χ2v) is 5.60. The van der Waals surface area contributed by atoms with Crippen LogP contribution in [0.2, 0.25) is 0 Å². The molecule has 0 radical (unpaired) electrons. The monoisotopic (exact) mass is 282 g/mol. The zero-order chi connectivity index (χ0) is 11.7. The van der Waals surface area contributed by atoms with Gasteiger partial charge in [0.2, 0.25) is 0 Å². The summed E-state index contributed by atoms with van der Waals surface area (Å²) in [6.45, 7) is 2.04. The Labute approximate surface area is 106 Å². The Hall–Kier alpha value is -0.540.